The number of carbonyl (C=O) groups excluding carboxylic acids is 2. The van der Waals surface area contributed by atoms with Crippen LogP contribution in [0.2, 0.25) is 0 Å². The van der Waals surface area contributed by atoms with E-state index in [1.165, 1.54) is 0 Å². The van der Waals surface area contributed by atoms with Gasteiger partial charge in [0.05, 0.1) is 6.04 Å². The molecule has 1 aromatic carbocycles. The second-order valence-corrected chi connectivity index (χ2v) is 5.73. The number of imide groups is 1. The Morgan fingerprint density at radius 2 is 2.21 bits per heavy atom. The molecule has 1 aromatic rings. The smallest absolute Gasteiger partial charge is 0.244 e. The molecule has 0 spiro atoms. The number of carbonyl (C=O) groups is 2. The Balaban J connectivity index is 2.28. The fourth-order valence-corrected chi connectivity index (χ4v) is 2.94. The summed E-state index contributed by atoms with van der Waals surface area (Å²) in [5.41, 5.74) is 1.12. The first-order chi connectivity index (χ1) is 9.17. The molecule has 5 heteroatoms. The van der Waals surface area contributed by atoms with Gasteiger partial charge >= 0.3 is 0 Å². The van der Waals surface area contributed by atoms with Gasteiger partial charge in [-0.3, -0.25) is 14.9 Å². The topological polar surface area (TPSA) is 58.2 Å². The van der Waals surface area contributed by atoms with Gasteiger partial charge in [0.2, 0.25) is 12.3 Å². The van der Waals surface area contributed by atoms with Crippen molar-refractivity contribution in [3.8, 4) is 0 Å². The number of nitrogens with one attached hydrogen (secondary N) is 2. The second kappa shape index (κ2) is 6.30. The number of benzene rings is 1. The lowest BCUT2D eigenvalue weighted by molar-refractivity contribution is -0.127. The van der Waals surface area contributed by atoms with Crippen LogP contribution >= 0.6 is 15.9 Å². The van der Waals surface area contributed by atoms with Gasteiger partial charge in [0.25, 0.3) is 0 Å². The SMILES string of the molecule is CNC(C(=O)NC=O)C(c1cccc(Br)c1)C1CC1. The molecule has 1 fully saturated rings. The molecule has 1 aliphatic carbocycles. The maximum atomic E-state index is 12.0. The van der Waals surface area contributed by atoms with Crippen LogP contribution < -0.4 is 10.6 Å². The number of hydrogen-bond acceptors (Lipinski definition) is 3. The van der Waals surface area contributed by atoms with E-state index in [9.17, 15) is 9.59 Å². The molecule has 0 aromatic heterocycles. The summed E-state index contributed by atoms with van der Waals surface area (Å²) in [5, 5.41) is 5.29. The highest BCUT2D eigenvalue weighted by atomic mass is 79.9. The predicted molar refractivity (Wildman–Crippen MR) is 76.7 cm³/mol. The van der Waals surface area contributed by atoms with Gasteiger partial charge in [-0.15, -0.1) is 0 Å². The number of likely N-dealkylation sites (N-methyl/N-ethyl adjacent to an activating group) is 1. The van der Waals surface area contributed by atoms with Crippen molar-refractivity contribution in [1.82, 2.24) is 10.6 Å². The zero-order chi connectivity index (χ0) is 13.8. The van der Waals surface area contributed by atoms with Crippen molar-refractivity contribution in [1.29, 1.82) is 0 Å². The Labute approximate surface area is 121 Å². The molecule has 2 atom stereocenters. The van der Waals surface area contributed by atoms with Gasteiger partial charge in [0.1, 0.15) is 0 Å². The maximum absolute atomic E-state index is 12.0. The van der Waals surface area contributed by atoms with Gasteiger partial charge in [0, 0.05) is 10.4 Å². The maximum Gasteiger partial charge on any atom is 0.244 e. The molecule has 0 radical (unpaired) electrons. The van der Waals surface area contributed by atoms with Crippen LogP contribution in [0.1, 0.15) is 24.3 Å². The summed E-state index contributed by atoms with van der Waals surface area (Å²) in [6.45, 7) is 0. The molecule has 0 aliphatic heterocycles. The summed E-state index contributed by atoms with van der Waals surface area (Å²) in [5.74, 6) is 0.334. The van der Waals surface area contributed by atoms with E-state index in [0.29, 0.717) is 12.3 Å². The van der Waals surface area contributed by atoms with E-state index in [0.717, 1.165) is 22.9 Å². The minimum absolute atomic E-state index is 0.0995. The Morgan fingerprint density at radius 3 is 2.74 bits per heavy atom. The third-order valence-electron chi connectivity index (χ3n) is 3.52. The Hall–Kier alpha value is -1.20. The monoisotopic (exact) mass is 324 g/mol. The van der Waals surface area contributed by atoms with Crippen LogP contribution in [0.15, 0.2) is 28.7 Å². The minimum atomic E-state index is -0.382. The lowest BCUT2D eigenvalue weighted by atomic mass is 9.86. The molecule has 4 nitrogen and oxygen atoms in total. The van der Waals surface area contributed by atoms with E-state index in [2.05, 4.69) is 26.6 Å². The van der Waals surface area contributed by atoms with Crippen molar-refractivity contribution >= 4 is 28.2 Å². The third-order valence-corrected chi connectivity index (χ3v) is 4.01. The first-order valence-electron chi connectivity index (χ1n) is 6.34. The van der Waals surface area contributed by atoms with E-state index >= 15 is 0 Å². The van der Waals surface area contributed by atoms with Crippen molar-refractivity contribution in [3.63, 3.8) is 0 Å². The molecule has 19 heavy (non-hydrogen) atoms. The molecule has 0 bridgehead atoms. The predicted octanol–water partition coefficient (Wildman–Crippen LogP) is 1.80. The van der Waals surface area contributed by atoms with Crippen LogP contribution in [0, 0.1) is 5.92 Å². The van der Waals surface area contributed by atoms with E-state index in [4.69, 9.17) is 0 Å². The summed E-state index contributed by atoms with van der Waals surface area (Å²) >= 11 is 3.46. The molecule has 0 saturated heterocycles. The number of rotatable bonds is 6. The normalized spacial score (nSPS) is 17.6. The van der Waals surface area contributed by atoms with Gasteiger partial charge in [0.15, 0.2) is 0 Å². The average Bonchev–Trinajstić information content (AvgIpc) is 3.20. The van der Waals surface area contributed by atoms with Gasteiger partial charge in [-0.25, -0.2) is 0 Å². The van der Waals surface area contributed by atoms with Crippen LogP contribution in [0.4, 0.5) is 0 Å². The molecule has 2 amide bonds. The molecule has 102 valence electrons. The van der Waals surface area contributed by atoms with Crippen LogP contribution in [0.3, 0.4) is 0 Å². The van der Waals surface area contributed by atoms with Crippen LogP contribution in [0.25, 0.3) is 0 Å². The molecule has 1 saturated carbocycles. The molecule has 0 heterocycles. The second-order valence-electron chi connectivity index (χ2n) is 4.81. The minimum Gasteiger partial charge on any atom is -0.308 e. The van der Waals surface area contributed by atoms with Crippen molar-refractivity contribution in [3.05, 3.63) is 34.3 Å². The third kappa shape index (κ3) is 3.42. The lowest BCUT2D eigenvalue weighted by Crippen LogP contribution is -2.46. The largest absolute Gasteiger partial charge is 0.308 e. The molecular formula is C14H17BrN2O2. The Kier molecular flexibility index (Phi) is 4.71. The summed E-state index contributed by atoms with van der Waals surface area (Å²) in [6, 6.07) is 7.63. The van der Waals surface area contributed by atoms with E-state index in [-0.39, 0.29) is 17.9 Å². The highest BCUT2D eigenvalue weighted by molar-refractivity contribution is 9.10. The first kappa shape index (κ1) is 14.2. The standard InChI is InChI=1S/C14H17BrN2O2/c1-16-13(14(19)17-8-18)12(9-5-6-9)10-3-2-4-11(15)7-10/h2-4,7-9,12-13,16H,5-6H2,1H3,(H,17,18,19). The molecular weight excluding hydrogens is 308 g/mol. The summed E-state index contributed by atoms with van der Waals surface area (Å²) in [7, 11) is 1.75. The van der Waals surface area contributed by atoms with Gasteiger partial charge < -0.3 is 5.32 Å². The van der Waals surface area contributed by atoms with E-state index in [1.54, 1.807) is 7.05 Å². The molecule has 2 N–H and O–H groups in total. The van der Waals surface area contributed by atoms with Crippen molar-refractivity contribution < 1.29 is 9.59 Å². The van der Waals surface area contributed by atoms with Crippen LogP contribution in [-0.2, 0) is 9.59 Å². The zero-order valence-corrected chi connectivity index (χ0v) is 12.3. The number of hydrogen-bond donors (Lipinski definition) is 2. The van der Waals surface area contributed by atoms with Crippen LogP contribution in [-0.4, -0.2) is 25.4 Å². The van der Waals surface area contributed by atoms with Gasteiger partial charge in [-0.1, -0.05) is 28.1 Å². The quantitative estimate of drug-likeness (QED) is 0.784. The molecule has 2 rings (SSSR count). The highest BCUT2D eigenvalue weighted by Gasteiger charge is 2.40. The fraction of sp³-hybridized carbons (Fsp3) is 0.429. The van der Waals surface area contributed by atoms with Gasteiger partial charge in [-0.05, 0) is 43.5 Å². The van der Waals surface area contributed by atoms with E-state index < -0.39 is 0 Å². The van der Waals surface area contributed by atoms with Gasteiger partial charge in [-0.2, -0.15) is 0 Å². The van der Waals surface area contributed by atoms with Crippen molar-refractivity contribution in [2.75, 3.05) is 7.05 Å². The zero-order valence-electron chi connectivity index (χ0n) is 10.7. The van der Waals surface area contributed by atoms with Crippen molar-refractivity contribution in [2.45, 2.75) is 24.8 Å². The molecule has 1 aliphatic rings. The fourth-order valence-electron chi connectivity index (χ4n) is 2.53. The average molecular weight is 325 g/mol. The number of amides is 2. The lowest BCUT2D eigenvalue weighted by Gasteiger charge is -2.26. The Morgan fingerprint density at radius 1 is 1.47 bits per heavy atom. The summed E-state index contributed by atoms with van der Waals surface area (Å²) in [4.78, 5) is 22.5. The Bertz CT molecular complexity index is 474. The van der Waals surface area contributed by atoms with E-state index in [1.807, 2.05) is 24.3 Å². The number of halogens is 1. The first-order valence-corrected chi connectivity index (χ1v) is 7.13. The summed E-state index contributed by atoms with van der Waals surface area (Å²) in [6.07, 6.45) is 2.70. The summed E-state index contributed by atoms with van der Waals surface area (Å²) < 4.78 is 1.00. The van der Waals surface area contributed by atoms with Crippen molar-refractivity contribution in [2.24, 2.45) is 5.92 Å². The molecule has 2 unspecified atom stereocenters. The highest BCUT2D eigenvalue weighted by Crippen LogP contribution is 2.44. The van der Waals surface area contributed by atoms with Crippen LogP contribution in [0.5, 0.6) is 0 Å².